The number of hydrogen-bond donors (Lipinski definition) is 3. The maximum atomic E-state index is 12.4. The predicted molar refractivity (Wildman–Crippen MR) is 89.6 cm³/mol. The SMILES string of the molecule is CCNC(=O)CNC(=NCc1cc(Cl)ccc1OC(F)F)NCC. The molecule has 9 heteroatoms. The third-order valence-electron chi connectivity index (χ3n) is 2.78. The van der Waals surface area contributed by atoms with Crippen LogP contribution in [0.3, 0.4) is 0 Å². The van der Waals surface area contributed by atoms with Crippen LogP contribution in [0.25, 0.3) is 0 Å². The van der Waals surface area contributed by atoms with Crippen molar-refractivity contribution < 1.29 is 18.3 Å². The molecule has 0 atom stereocenters. The first-order valence-electron chi connectivity index (χ1n) is 7.48. The Morgan fingerprint density at radius 3 is 2.58 bits per heavy atom. The van der Waals surface area contributed by atoms with Gasteiger partial charge in [0.05, 0.1) is 13.1 Å². The van der Waals surface area contributed by atoms with E-state index in [1.807, 2.05) is 13.8 Å². The number of carbonyl (C=O) groups is 1. The molecule has 1 rings (SSSR count). The summed E-state index contributed by atoms with van der Waals surface area (Å²) in [5.41, 5.74) is 0.415. The molecule has 6 nitrogen and oxygen atoms in total. The number of hydrogen-bond acceptors (Lipinski definition) is 3. The minimum atomic E-state index is -2.93. The summed E-state index contributed by atoms with van der Waals surface area (Å²) in [7, 11) is 0. The number of ether oxygens (including phenoxy) is 1. The number of nitrogens with zero attached hydrogens (tertiary/aromatic N) is 1. The molecule has 1 amide bonds. The molecular weight excluding hydrogens is 342 g/mol. The van der Waals surface area contributed by atoms with Crippen LogP contribution in [-0.2, 0) is 11.3 Å². The Morgan fingerprint density at radius 2 is 1.96 bits per heavy atom. The molecule has 0 saturated heterocycles. The minimum Gasteiger partial charge on any atom is -0.434 e. The average molecular weight is 363 g/mol. The van der Waals surface area contributed by atoms with Crippen LogP contribution >= 0.6 is 11.6 Å². The molecule has 0 radical (unpaired) electrons. The standard InChI is InChI=1S/C15H21ClF2N4O2/c1-3-19-13(23)9-22-15(20-4-2)21-8-10-7-11(16)5-6-12(10)24-14(17)18/h5-7,14H,3-4,8-9H2,1-2H3,(H,19,23)(H2,20,21,22). The average Bonchev–Trinajstić information content (AvgIpc) is 2.52. The van der Waals surface area contributed by atoms with Gasteiger partial charge < -0.3 is 20.7 Å². The molecule has 0 aliphatic rings. The highest BCUT2D eigenvalue weighted by Gasteiger charge is 2.10. The lowest BCUT2D eigenvalue weighted by atomic mass is 10.2. The number of alkyl halides is 2. The summed E-state index contributed by atoms with van der Waals surface area (Å²) >= 11 is 5.89. The molecule has 0 bridgehead atoms. The van der Waals surface area contributed by atoms with E-state index in [1.54, 1.807) is 0 Å². The molecule has 134 valence electrons. The summed E-state index contributed by atoms with van der Waals surface area (Å²) in [4.78, 5) is 15.7. The molecule has 0 fully saturated rings. The zero-order valence-electron chi connectivity index (χ0n) is 13.5. The van der Waals surface area contributed by atoms with Gasteiger partial charge >= 0.3 is 6.61 Å². The molecular formula is C15H21ClF2N4O2. The second kappa shape index (κ2) is 10.6. The zero-order chi connectivity index (χ0) is 17.9. The lowest BCUT2D eigenvalue weighted by Gasteiger charge is -2.13. The first kappa shape index (κ1) is 20.0. The second-order valence-electron chi connectivity index (χ2n) is 4.63. The molecule has 3 N–H and O–H groups in total. The van der Waals surface area contributed by atoms with E-state index in [9.17, 15) is 13.6 Å². The van der Waals surface area contributed by atoms with Crippen LogP contribution in [0.4, 0.5) is 8.78 Å². The summed E-state index contributed by atoms with van der Waals surface area (Å²) in [6.45, 7) is 1.98. The first-order valence-corrected chi connectivity index (χ1v) is 7.86. The van der Waals surface area contributed by atoms with Crippen LogP contribution < -0.4 is 20.7 Å². The molecule has 0 spiro atoms. The van der Waals surface area contributed by atoms with Gasteiger partial charge in [0.2, 0.25) is 5.91 Å². The number of carbonyl (C=O) groups excluding carboxylic acids is 1. The van der Waals surface area contributed by atoms with Crippen LogP contribution in [0.5, 0.6) is 5.75 Å². The van der Waals surface area contributed by atoms with Gasteiger partial charge in [0, 0.05) is 23.7 Å². The van der Waals surface area contributed by atoms with Crippen molar-refractivity contribution >= 4 is 23.5 Å². The number of amides is 1. The van der Waals surface area contributed by atoms with Crippen LogP contribution in [0, 0.1) is 0 Å². The monoisotopic (exact) mass is 362 g/mol. The first-order chi connectivity index (χ1) is 11.5. The highest BCUT2D eigenvalue weighted by Crippen LogP contribution is 2.25. The van der Waals surface area contributed by atoms with Crippen LogP contribution in [0.15, 0.2) is 23.2 Å². The summed E-state index contributed by atoms with van der Waals surface area (Å²) in [5.74, 6) is 0.219. The maximum absolute atomic E-state index is 12.4. The molecule has 1 aromatic rings. The van der Waals surface area contributed by atoms with Gasteiger partial charge in [-0.25, -0.2) is 4.99 Å². The summed E-state index contributed by atoms with van der Waals surface area (Å²) in [6, 6.07) is 4.34. The lowest BCUT2D eigenvalue weighted by Crippen LogP contribution is -2.43. The molecule has 0 heterocycles. The third-order valence-corrected chi connectivity index (χ3v) is 3.02. The van der Waals surface area contributed by atoms with Crippen molar-refractivity contribution in [2.45, 2.75) is 27.0 Å². The highest BCUT2D eigenvalue weighted by molar-refractivity contribution is 6.30. The van der Waals surface area contributed by atoms with Gasteiger partial charge in [-0.15, -0.1) is 0 Å². The second-order valence-corrected chi connectivity index (χ2v) is 5.07. The fourth-order valence-corrected chi connectivity index (χ4v) is 2.01. The fraction of sp³-hybridized carbons (Fsp3) is 0.467. The Bertz CT molecular complexity index is 570. The van der Waals surface area contributed by atoms with E-state index in [0.29, 0.717) is 29.6 Å². The topological polar surface area (TPSA) is 74.8 Å². The van der Waals surface area contributed by atoms with E-state index in [0.717, 1.165) is 0 Å². The van der Waals surface area contributed by atoms with E-state index in [1.165, 1.54) is 18.2 Å². The largest absolute Gasteiger partial charge is 0.434 e. The van der Waals surface area contributed by atoms with Crippen molar-refractivity contribution in [2.75, 3.05) is 19.6 Å². The molecule has 0 unspecified atom stereocenters. The Kier molecular flexibility index (Phi) is 8.85. The number of halogens is 3. The number of benzene rings is 1. The van der Waals surface area contributed by atoms with E-state index < -0.39 is 6.61 Å². The Labute approximate surface area is 144 Å². The Hall–Kier alpha value is -2.09. The van der Waals surface area contributed by atoms with Gasteiger partial charge in [-0.05, 0) is 32.0 Å². The Morgan fingerprint density at radius 1 is 1.25 bits per heavy atom. The number of nitrogens with one attached hydrogen (secondary N) is 3. The summed E-state index contributed by atoms with van der Waals surface area (Å²) < 4.78 is 29.3. The number of rotatable bonds is 8. The number of aliphatic imine (C=N–C) groups is 1. The highest BCUT2D eigenvalue weighted by atomic mass is 35.5. The molecule has 0 saturated carbocycles. The van der Waals surface area contributed by atoms with Crippen molar-refractivity contribution in [3.63, 3.8) is 0 Å². The van der Waals surface area contributed by atoms with Gasteiger partial charge in [-0.3, -0.25) is 4.79 Å². The molecule has 24 heavy (non-hydrogen) atoms. The molecule has 0 aromatic heterocycles. The predicted octanol–water partition coefficient (Wildman–Crippen LogP) is 2.13. The van der Waals surface area contributed by atoms with Gasteiger partial charge in [-0.1, -0.05) is 11.6 Å². The van der Waals surface area contributed by atoms with E-state index in [4.69, 9.17) is 11.6 Å². The molecule has 1 aromatic carbocycles. The zero-order valence-corrected chi connectivity index (χ0v) is 14.3. The Balaban J connectivity index is 2.81. The molecule has 0 aliphatic heterocycles. The third kappa shape index (κ3) is 7.45. The van der Waals surface area contributed by atoms with Crippen molar-refractivity contribution in [1.29, 1.82) is 0 Å². The smallest absolute Gasteiger partial charge is 0.387 e. The van der Waals surface area contributed by atoms with Crippen LogP contribution in [0.2, 0.25) is 5.02 Å². The quantitative estimate of drug-likeness (QED) is 0.489. The summed E-state index contributed by atoms with van der Waals surface area (Å²) in [5, 5.41) is 8.86. The van der Waals surface area contributed by atoms with Crippen molar-refractivity contribution in [2.24, 2.45) is 4.99 Å². The number of guanidine groups is 1. The van der Waals surface area contributed by atoms with Crippen molar-refractivity contribution in [1.82, 2.24) is 16.0 Å². The van der Waals surface area contributed by atoms with E-state index in [-0.39, 0.29) is 24.7 Å². The number of likely N-dealkylation sites (N-methyl/N-ethyl adjacent to an activating group) is 1. The van der Waals surface area contributed by atoms with Gasteiger partial charge in [0.25, 0.3) is 0 Å². The van der Waals surface area contributed by atoms with Crippen LogP contribution in [-0.4, -0.2) is 38.1 Å². The summed E-state index contributed by atoms with van der Waals surface area (Å²) in [6.07, 6.45) is 0. The van der Waals surface area contributed by atoms with Gasteiger partial charge in [0.1, 0.15) is 5.75 Å². The van der Waals surface area contributed by atoms with E-state index in [2.05, 4.69) is 25.7 Å². The maximum Gasteiger partial charge on any atom is 0.387 e. The van der Waals surface area contributed by atoms with Crippen molar-refractivity contribution in [3.8, 4) is 5.75 Å². The van der Waals surface area contributed by atoms with Gasteiger partial charge in [0.15, 0.2) is 5.96 Å². The van der Waals surface area contributed by atoms with Crippen molar-refractivity contribution in [3.05, 3.63) is 28.8 Å². The van der Waals surface area contributed by atoms with Crippen LogP contribution in [0.1, 0.15) is 19.4 Å². The normalized spacial score (nSPS) is 11.3. The van der Waals surface area contributed by atoms with Gasteiger partial charge in [-0.2, -0.15) is 8.78 Å². The lowest BCUT2D eigenvalue weighted by molar-refractivity contribution is -0.119. The minimum absolute atomic E-state index is 0.0118. The van der Waals surface area contributed by atoms with E-state index >= 15 is 0 Å². The molecule has 0 aliphatic carbocycles. The fourth-order valence-electron chi connectivity index (χ4n) is 1.81.